The highest BCUT2D eigenvalue weighted by Gasteiger charge is 2.38. The molecule has 2 saturated heterocycles. The van der Waals surface area contributed by atoms with Gasteiger partial charge in [0.1, 0.15) is 4.90 Å². The molecule has 0 saturated carbocycles. The Morgan fingerprint density at radius 1 is 1.41 bits per heavy atom. The summed E-state index contributed by atoms with van der Waals surface area (Å²) in [4.78, 5) is 18.1. The largest absolute Gasteiger partial charge is 0.341 e. The Kier molecular flexibility index (Phi) is 4.16. The molecule has 1 N–H and O–H groups in total. The molecule has 2 aliphatic rings. The summed E-state index contributed by atoms with van der Waals surface area (Å²) in [6, 6.07) is 3.05. The standard InChI is InChI=1S/C14H20N4O3S/c1-17(22(20,21)13-3-2-4-15-7-13)10-14(19)18-8-11-5-16-6-12(11)9-18/h2-4,7,11-12,16H,5-6,8-10H2,1H3/t11-,12+. The van der Waals surface area contributed by atoms with E-state index in [1.807, 2.05) is 0 Å². The lowest BCUT2D eigenvalue weighted by molar-refractivity contribution is -0.130. The number of likely N-dealkylation sites (N-methyl/N-ethyl adjacent to an activating group) is 1. The van der Waals surface area contributed by atoms with Crippen molar-refractivity contribution in [2.75, 3.05) is 39.8 Å². The minimum atomic E-state index is -3.67. The van der Waals surface area contributed by atoms with E-state index in [9.17, 15) is 13.2 Å². The number of rotatable bonds is 4. The molecule has 1 aromatic rings. The van der Waals surface area contributed by atoms with Crippen LogP contribution in [0.4, 0.5) is 0 Å². The number of nitrogens with one attached hydrogen (secondary N) is 1. The van der Waals surface area contributed by atoms with Crippen LogP contribution >= 0.6 is 0 Å². The van der Waals surface area contributed by atoms with Gasteiger partial charge in [0.25, 0.3) is 0 Å². The number of hydrogen-bond acceptors (Lipinski definition) is 5. The topological polar surface area (TPSA) is 82.6 Å². The first-order valence-corrected chi connectivity index (χ1v) is 8.77. The quantitative estimate of drug-likeness (QED) is 0.798. The SMILES string of the molecule is CN(CC(=O)N1C[C@H]2CNC[C@H]2C1)S(=O)(=O)c1cccnc1. The molecule has 7 nitrogen and oxygen atoms in total. The van der Waals surface area contributed by atoms with Crippen LogP contribution in [0.1, 0.15) is 0 Å². The maximum atomic E-state index is 12.4. The Balaban J connectivity index is 1.64. The van der Waals surface area contributed by atoms with Crippen LogP contribution in [0.15, 0.2) is 29.4 Å². The summed E-state index contributed by atoms with van der Waals surface area (Å²) in [5, 5.41) is 3.32. The Labute approximate surface area is 130 Å². The minimum Gasteiger partial charge on any atom is -0.341 e. The third kappa shape index (κ3) is 2.86. The van der Waals surface area contributed by atoms with Crippen molar-refractivity contribution in [2.45, 2.75) is 4.90 Å². The smallest absolute Gasteiger partial charge is 0.244 e. The van der Waals surface area contributed by atoms with Crippen molar-refractivity contribution >= 4 is 15.9 Å². The van der Waals surface area contributed by atoms with Crippen LogP contribution in [0.2, 0.25) is 0 Å². The molecule has 2 fully saturated rings. The molecule has 8 heteroatoms. The first kappa shape index (κ1) is 15.4. The van der Waals surface area contributed by atoms with Crippen LogP contribution in [-0.4, -0.2) is 68.3 Å². The number of aromatic nitrogens is 1. The highest BCUT2D eigenvalue weighted by atomic mass is 32.2. The van der Waals surface area contributed by atoms with Crippen LogP contribution in [0, 0.1) is 11.8 Å². The number of carbonyl (C=O) groups excluding carboxylic acids is 1. The van der Waals surface area contributed by atoms with Gasteiger partial charge in [-0.05, 0) is 24.0 Å². The van der Waals surface area contributed by atoms with Crippen molar-refractivity contribution in [3.05, 3.63) is 24.5 Å². The first-order chi connectivity index (χ1) is 10.5. The number of fused-ring (bicyclic) bond motifs is 1. The van der Waals surface area contributed by atoms with E-state index >= 15 is 0 Å². The van der Waals surface area contributed by atoms with Gasteiger partial charge < -0.3 is 10.2 Å². The summed E-state index contributed by atoms with van der Waals surface area (Å²) in [6.07, 6.45) is 2.81. The summed E-state index contributed by atoms with van der Waals surface area (Å²) in [5.74, 6) is 0.873. The number of likely N-dealkylation sites (tertiary alicyclic amines) is 1. The first-order valence-electron chi connectivity index (χ1n) is 7.33. The van der Waals surface area contributed by atoms with E-state index in [0.717, 1.165) is 30.5 Å². The van der Waals surface area contributed by atoms with E-state index in [1.165, 1.54) is 25.5 Å². The lowest BCUT2D eigenvalue weighted by Gasteiger charge is -2.22. The van der Waals surface area contributed by atoms with E-state index in [4.69, 9.17) is 0 Å². The fourth-order valence-electron chi connectivity index (χ4n) is 3.11. The third-order valence-corrected chi connectivity index (χ3v) is 6.23. The fourth-order valence-corrected chi connectivity index (χ4v) is 4.20. The highest BCUT2D eigenvalue weighted by molar-refractivity contribution is 7.89. The molecule has 0 spiro atoms. The summed E-state index contributed by atoms with van der Waals surface area (Å²) >= 11 is 0. The third-order valence-electron chi connectivity index (χ3n) is 4.44. The maximum Gasteiger partial charge on any atom is 0.244 e. The van der Waals surface area contributed by atoms with Crippen LogP contribution in [0.25, 0.3) is 0 Å². The van der Waals surface area contributed by atoms with Crippen molar-refractivity contribution in [2.24, 2.45) is 11.8 Å². The molecule has 2 aliphatic heterocycles. The normalized spacial score (nSPS) is 24.7. The second-order valence-electron chi connectivity index (χ2n) is 5.93. The molecule has 0 bridgehead atoms. The minimum absolute atomic E-state index is 0.104. The molecule has 2 atom stereocenters. The second kappa shape index (κ2) is 5.94. The molecule has 1 aromatic heterocycles. The Bertz CT molecular complexity index is 637. The van der Waals surface area contributed by atoms with E-state index in [2.05, 4.69) is 10.3 Å². The fraction of sp³-hybridized carbons (Fsp3) is 0.571. The van der Waals surface area contributed by atoms with Gasteiger partial charge in [0.15, 0.2) is 0 Å². The molecule has 1 amide bonds. The van der Waals surface area contributed by atoms with Crippen LogP contribution in [0.3, 0.4) is 0 Å². The number of amides is 1. The molecule has 0 aromatic carbocycles. The monoisotopic (exact) mass is 324 g/mol. The average molecular weight is 324 g/mol. The van der Waals surface area contributed by atoms with Gasteiger partial charge in [-0.3, -0.25) is 9.78 Å². The van der Waals surface area contributed by atoms with Crippen molar-refractivity contribution in [1.29, 1.82) is 0 Å². The molecule has 0 unspecified atom stereocenters. The van der Waals surface area contributed by atoms with Gasteiger partial charge in [-0.2, -0.15) is 4.31 Å². The summed E-state index contributed by atoms with van der Waals surface area (Å²) in [6.45, 7) is 3.19. The molecular weight excluding hydrogens is 304 g/mol. The number of hydrogen-bond donors (Lipinski definition) is 1. The summed E-state index contributed by atoms with van der Waals surface area (Å²) in [7, 11) is -2.24. The molecule has 3 heterocycles. The molecule has 0 radical (unpaired) electrons. The highest BCUT2D eigenvalue weighted by Crippen LogP contribution is 2.26. The average Bonchev–Trinajstić information content (AvgIpc) is 3.09. The van der Waals surface area contributed by atoms with Gasteiger partial charge in [0.05, 0.1) is 6.54 Å². The second-order valence-corrected chi connectivity index (χ2v) is 7.97. The van der Waals surface area contributed by atoms with Gasteiger partial charge in [0.2, 0.25) is 15.9 Å². The Morgan fingerprint density at radius 3 is 2.68 bits per heavy atom. The van der Waals surface area contributed by atoms with E-state index < -0.39 is 10.0 Å². The number of sulfonamides is 1. The van der Waals surface area contributed by atoms with Gasteiger partial charge in [0, 0.05) is 45.6 Å². The van der Waals surface area contributed by atoms with Crippen LogP contribution < -0.4 is 5.32 Å². The summed E-state index contributed by atoms with van der Waals surface area (Å²) in [5.41, 5.74) is 0. The van der Waals surface area contributed by atoms with Gasteiger partial charge >= 0.3 is 0 Å². The van der Waals surface area contributed by atoms with E-state index in [1.54, 1.807) is 11.0 Å². The molecule has 3 rings (SSSR count). The van der Waals surface area contributed by atoms with Gasteiger partial charge in [-0.15, -0.1) is 0 Å². The predicted molar refractivity (Wildman–Crippen MR) is 80.5 cm³/mol. The Hall–Kier alpha value is -1.51. The van der Waals surface area contributed by atoms with Crippen LogP contribution in [-0.2, 0) is 14.8 Å². The zero-order valence-electron chi connectivity index (χ0n) is 12.5. The zero-order valence-corrected chi connectivity index (χ0v) is 13.3. The van der Waals surface area contributed by atoms with Crippen molar-refractivity contribution in [1.82, 2.24) is 19.5 Å². The number of pyridine rings is 1. The van der Waals surface area contributed by atoms with Crippen molar-refractivity contribution in [3.8, 4) is 0 Å². The summed E-state index contributed by atoms with van der Waals surface area (Å²) < 4.78 is 25.9. The number of carbonyl (C=O) groups is 1. The Morgan fingerprint density at radius 2 is 2.09 bits per heavy atom. The predicted octanol–water partition coefficient (Wildman–Crippen LogP) is -0.620. The lowest BCUT2D eigenvalue weighted by Crippen LogP contribution is -2.41. The molecule has 120 valence electrons. The lowest BCUT2D eigenvalue weighted by atomic mass is 10.0. The number of nitrogens with zero attached hydrogens (tertiary/aromatic N) is 3. The van der Waals surface area contributed by atoms with E-state index in [-0.39, 0.29) is 17.3 Å². The molecule has 22 heavy (non-hydrogen) atoms. The van der Waals surface area contributed by atoms with Crippen molar-refractivity contribution in [3.63, 3.8) is 0 Å². The van der Waals surface area contributed by atoms with E-state index in [0.29, 0.717) is 11.8 Å². The maximum absolute atomic E-state index is 12.4. The van der Waals surface area contributed by atoms with Gasteiger partial charge in [-0.25, -0.2) is 8.42 Å². The van der Waals surface area contributed by atoms with Crippen LogP contribution in [0.5, 0.6) is 0 Å². The molecule has 0 aliphatic carbocycles. The zero-order chi connectivity index (χ0) is 15.7. The molecular formula is C14H20N4O3S. The van der Waals surface area contributed by atoms with Crippen molar-refractivity contribution < 1.29 is 13.2 Å². The van der Waals surface area contributed by atoms with Gasteiger partial charge in [-0.1, -0.05) is 0 Å².